The number of aliphatic hydroxyl groups is 8. The number of primary amides is 1. The molecule has 7 rings (SSSR count). The van der Waals surface area contributed by atoms with Crippen LogP contribution in [0, 0.1) is 5.92 Å². The summed E-state index contributed by atoms with van der Waals surface area (Å²) in [6.07, 6.45) is -17.3. The van der Waals surface area contributed by atoms with E-state index in [1.165, 1.54) is 31.2 Å². The number of hydrogen-bond donors (Lipinski definition) is 15. The van der Waals surface area contributed by atoms with Crippen LogP contribution in [0.2, 0.25) is 0 Å². The Balaban J connectivity index is 0.0000129. The van der Waals surface area contributed by atoms with Gasteiger partial charge in [-0.05, 0) is 67.4 Å². The first-order valence-corrected chi connectivity index (χ1v) is 29.4. The molecule has 8 amide bonds. The summed E-state index contributed by atoms with van der Waals surface area (Å²) in [5.41, 5.74) is 6.13. The maximum absolute atomic E-state index is 14.7. The van der Waals surface area contributed by atoms with Gasteiger partial charge in [0.15, 0.2) is 23.5 Å². The molecule has 0 bridgehead atoms. The van der Waals surface area contributed by atoms with Gasteiger partial charge in [-0.15, -0.1) is 0 Å². The number of nitrogens with zero attached hydrogens (tertiary/aromatic N) is 3. The molecule has 0 radical (unpaired) electrons. The Labute approximate surface area is 536 Å². The topological polar surface area (TPSA) is 513 Å². The van der Waals surface area contributed by atoms with Gasteiger partial charge in [-0.25, -0.2) is 8.42 Å². The van der Waals surface area contributed by atoms with Gasteiger partial charge in [-0.2, -0.15) is 0 Å². The molecule has 90 heavy (non-hydrogen) atoms. The van der Waals surface area contributed by atoms with Crippen molar-refractivity contribution in [1.29, 1.82) is 0 Å². The molecule has 3 aliphatic heterocycles. The van der Waals surface area contributed by atoms with Crippen LogP contribution in [-0.2, 0) is 44.0 Å². The number of phenolic OH excluding ortho intramolecular Hbond substituents is 1. The molecule has 2 unspecified atom stereocenters. The smallest absolute Gasteiger partial charge is 0.716 e. The van der Waals surface area contributed by atoms with Gasteiger partial charge in [0.05, 0.1) is 37.4 Å². The van der Waals surface area contributed by atoms with Crippen LogP contribution >= 0.6 is 0 Å². The normalized spacial score (nSPS) is 26.2. The zero-order chi connectivity index (χ0) is 65.3. The molecule has 34 heteroatoms. The third-order valence-corrected chi connectivity index (χ3v) is 15.6. The van der Waals surface area contributed by atoms with Gasteiger partial charge in [0.1, 0.15) is 66.0 Å². The summed E-state index contributed by atoms with van der Waals surface area (Å²) in [4.78, 5) is 115. The Morgan fingerprint density at radius 2 is 1.43 bits per heavy atom. The first-order valence-electron chi connectivity index (χ1n) is 28.1. The number of carbonyl (C=O) groups excluding carboxylic acids is 8. The summed E-state index contributed by atoms with van der Waals surface area (Å²) in [6, 6.07) is 3.38. The van der Waals surface area contributed by atoms with Crippen molar-refractivity contribution in [2.75, 3.05) is 19.7 Å². The number of ether oxygens (including phenoxy) is 1. The molecule has 32 nitrogen and oxygen atoms in total. The standard InChI is InChI=1S/C56H71N9O23S.Na/c1-4-5-6-17-86-32-14-11-28(12-15-32)39-21-33(63-87-39)27-7-9-29(10-8-27)49(75)58-34-20-38(70)52(78)62-54(80)45-46(72)25(2)23-65(45)56(82)43(37(69)22-41(57)71)60-53(79)44(48(74)47(73)30-13-16-36(68)40(18-30)88-89(83,84)85)61-51(77)35-19-31(67)24-64(35)55(81)42(26(3)66)59-50(34)76;/h7-16,18,21,25-26,31,34-35,37-38,42-48,52,66-70,72-74,78H,4-6,17,19-20,22-24H2,1-3H3,(H2,57,71)(H,58,75)(H,59,76)(H,60,79)(H,61,77)(H,62,80)(H,83,84,85);/q;+1/p-1/t25-,26-,31+,34?,35-,37+,38+,42-,43-,44-,45-,46-,47+,48?,52+;/m1./s1. The summed E-state index contributed by atoms with van der Waals surface area (Å²) in [5, 5.41) is 116. The fourth-order valence-electron chi connectivity index (χ4n) is 10.3. The van der Waals surface area contributed by atoms with Crippen molar-refractivity contribution >= 4 is 57.7 Å². The van der Waals surface area contributed by atoms with Crippen molar-refractivity contribution in [3.63, 3.8) is 0 Å². The Hall–Kier alpha value is -7.38. The third-order valence-electron chi connectivity index (χ3n) is 15.2. The number of rotatable bonds is 18. The quantitative estimate of drug-likeness (QED) is 0.0190. The monoisotopic (exact) mass is 1290 g/mol. The van der Waals surface area contributed by atoms with Gasteiger partial charge >= 0.3 is 29.6 Å². The number of amides is 8. The van der Waals surface area contributed by atoms with Gasteiger partial charge in [0.2, 0.25) is 41.4 Å². The summed E-state index contributed by atoms with van der Waals surface area (Å²) in [5.74, 6) is -13.0. The van der Waals surface area contributed by atoms with Crippen molar-refractivity contribution in [1.82, 2.24) is 41.5 Å². The Bertz CT molecular complexity index is 3340. The van der Waals surface area contributed by atoms with Crippen molar-refractivity contribution in [3.05, 3.63) is 83.9 Å². The van der Waals surface area contributed by atoms with Gasteiger partial charge < -0.3 is 106 Å². The third kappa shape index (κ3) is 17.8. The van der Waals surface area contributed by atoms with Crippen molar-refractivity contribution in [2.24, 2.45) is 11.7 Å². The number of phenols is 1. The number of nitrogens with two attached hydrogens (primary N) is 1. The maximum Gasteiger partial charge on any atom is 1.00 e. The number of aromatic nitrogens is 1. The minimum absolute atomic E-state index is 0. The maximum atomic E-state index is 14.7. The van der Waals surface area contributed by atoms with Gasteiger partial charge in [-0.1, -0.05) is 50.0 Å². The van der Waals surface area contributed by atoms with E-state index in [2.05, 4.69) is 32.2 Å². The van der Waals surface area contributed by atoms with E-state index in [9.17, 15) is 97.3 Å². The molecule has 16 N–H and O–H groups in total. The Morgan fingerprint density at radius 1 is 0.800 bits per heavy atom. The molecule has 0 spiro atoms. The largest absolute Gasteiger partial charge is 1.00 e. The summed E-state index contributed by atoms with van der Waals surface area (Å²) >= 11 is 0. The van der Waals surface area contributed by atoms with Crippen LogP contribution in [0.4, 0.5) is 0 Å². The number of aromatic hydroxyl groups is 1. The average Bonchev–Trinajstić information content (AvgIpc) is 2.24. The van der Waals surface area contributed by atoms with Crippen LogP contribution in [0.5, 0.6) is 17.2 Å². The summed E-state index contributed by atoms with van der Waals surface area (Å²) in [7, 11) is -5.60. The van der Waals surface area contributed by atoms with Crippen LogP contribution in [0.3, 0.4) is 0 Å². The molecular formula is C56H70N9NaO23S. The van der Waals surface area contributed by atoms with Gasteiger partial charge in [-0.3, -0.25) is 38.4 Å². The number of carbonyl (C=O) groups is 8. The predicted octanol–water partition coefficient (Wildman–Crippen LogP) is -7.24. The number of fused-ring (bicyclic) bond motifs is 2. The summed E-state index contributed by atoms with van der Waals surface area (Å²) in [6.45, 7) is 3.72. The number of benzene rings is 3. The van der Waals surface area contributed by atoms with E-state index in [1.54, 1.807) is 30.3 Å². The van der Waals surface area contributed by atoms with Crippen LogP contribution in [0.15, 0.2) is 77.3 Å². The first-order chi connectivity index (χ1) is 42.0. The Kier molecular flexibility index (Phi) is 24.8. The molecule has 3 aromatic carbocycles. The van der Waals surface area contributed by atoms with E-state index >= 15 is 0 Å². The predicted molar refractivity (Wildman–Crippen MR) is 302 cm³/mol. The zero-order valence-corrected chi connectivity index (χ0v) is 51.8. The molecular weight excluding hydrogens is 1220 g/mol. The number of aliphatic hydroxyl groups excluding tert-OH is 8. The second-order valence-corrected chi connectivity index (χ2v) is 22.9. The average molecular weight is 1290 g/mol. The molecule has 0 saturated carbocycles. The molecule has 0 aliphatic carbocycles. The van der Waals surface area contributed by atoms with Crippen LogP contribution in [0.1, 0.15) is 81.3 Å². The molecule has 1 aromatic heterocycles. The number of unbranched alkanes of at least 4 members (excludes halogenated alkanes) is 2. The van der Waals surface area contributed by atoms with Crippen molar-refractivity contribution in [2.45, 2.75) is 145 Å². The minimum Gasteiger partial charge on any atom is -0.716 e. The van der Waals surface area contributed by atoms with Crippen LogP contribution < -0.4 is 70.8 Å². The van der Waals surface area contributed by atoms with Crippen molar-refractivity contribution in [3.8, 4) is 39.8 Å². The van der Waals surface area contributed by atoms with E-state index in [4.69, 9.17) is 15.0 Å². The fourth-order valence-corrected chi connectivity index (χ4v) is 10.7. The zero-order valence-electron chi connectivity index (χ0n) is 49.0. The molecule has 4 aromatic rings. The second kappa shape index (κ2) is 31.1. The van der Waals surface area contributed by atoms with Gasteiger partial charge in [0.25, 0.3) is 16.3 Å². The van der Waals surface area contributed by atoms with Crippen LogP contribution in [0.25, 0.3) is 22.6 Å². The molecule has 484 valence electrons. The number of hydrogen-bond acceptors (Lipinski definition) is 24. The van der Waals surface area contributed by atoms with E-state index in [-0.39, 0.29) is 35.1 Å². The minimum atomic E-state index is -5.60. The van der Waals surface area contributed by atoms with E-state index in [1.807, 2.05) is 10.6 Å². The van der Waals surface area contributed by atoms with E-state index < -0.39 is 198 Å². The Morgan fingerprint density at radius 3 is 2.07 bits per heavy atom. The molecule has 3 aliphatic rings. The van der Waals surface area contributed by atoms with Crippen LogP contribution in [-0.4, -0.2) is 220 Å². The SMILES string of the molecule is CCCCCOc1ccc(-c2cc(-c3ccc(C(=O)NC4C[C@H](O)[C@H](O)NC(=O)[C@H]5[C@H](O)[C@H](C)CN5C(=O)[C@@H]([C@@H](O)CC(N)=O)NC(=O)[C@@H](C(O)[C@@H](O)c5ccc(O)c(OS(=O)(=O)[O-])c5)NC(=O)[C@H]5C[C@H](O)CN5C(=O)[C@@H]([C@@H](C)O)NC4=O)cc3)no2)cc1.[Na+]. The summed E-state index contributed by atoms with van der Waals surface area (Å²) < 4.78 is 49.9. The first kappa shape index (κ1) is 71.7. The molecule has 15 atom stereocenters. The van der Waals surface area contributed by atoms with Crippen molar-refractivity contribution < 1.29 is 140 Å². The van der Waals surface area contributed by atoms with Gasteiger partial charge in [0, 0.05) is 54.6 Å². The van der Waals surface area contributed by atoms with E-state index in [0.717, 1.165) is 32.3 Å². The molecule has 3 saturated heterocycles. The number of nitrogens with one attached hydrogen (secondary N) is 5. The van der Waals surface area contributed by atoms with E-state index in [0.29, 0.717) is 56.9 Å². The second-order valence-electron chi connectivity index (χ2n) is 21.9. The molecule has 4 heterocycles. The fraction of sp³-hybridized carbons (Fsp3) is 0.482. The molecule has 3 fully saturated rings.